The first-order valence-electron chi connectivity index (χ1n) is 16.7. The van der Waals surface area contributed by atoms with Gasteiger partial charge in [0.15, 0.2) is 11.5 Å². The van der Waals surface area contributed by atoms with E-state index in [1.807, 2.05) is 12.1 Å². The van der Waals surface area contributed by atoms with Gasteiger partial charge in [-0.3, -0.25) is 4.79 Å². The molecule has 2 atom stereocenters. The van der Waals surface area contributed by atoms with E-state index in [2.05, 4.69) is 71.6 Å². The third kappa shape index (κ3) is 4.52. The van der Waals surface area contributed by atoms with Gasteiger partial charge in [0.2, 0.25) is 0 Å². The molecule has 9 rings (SSSR count). The molecule has 0 bridgehead atoms. The lowest BCUT2D eigenvalue weighted by molar-refractivity contribution is 0.0697. The second-order valence-corrected chi connectivity index (χ2v) is 14.1. The first-order chi connectivity index (χ1) is 23.9. The third-order valence-corrected chi connectivity index (χ3v) is 11.8. The van der Waals surface area contributed by atoms with Crippen LogP contribution in [0.1, 0.15) is 62.6 Å². The molecule has 6 aromatic rings. The number of thiophene rings is 1. The van der Waals surface area contributed by atoms with Crippen molar-refractivity contribution in [2.75, 3.05) is 19.1 Å². The largest absolute Gasteiger partial charge is 0.495 e. The second-order valence-electron chi connectivity index (χ2n) is 13.1. The summed E-state index contributed by atoms with van der Waals surface area (Å²) in [6.45, 7) is 0. The molecule has 2 heterocycles. The van der Waals surface area contributed by atoms with Crippen LogP contribution in [0.2, 0.25) is 0 Å². The molecule has 6 nitrogen and oxygen atoms in total. The Hall–Kier alpha value is -5.40. The number of Topliss-reactive ketones (excluding diaryl/α,β-unsaturated/α-hetero) is 1. The number of carbonyl (C=O) groups excluding carboxylic acids is 1. The minimum atomic E-state index is -1.04. The Balaban J connectivity index is 1.14. The average molecular weight is 664 g/mol. The van der Waals surface area contributed by atoms with Gasteiger partial charge in [-0.25, -0.2) is 4.79 Å². The molecule has 0 spiro atoms. The number of rotatable bonds is 6. The van der Waals surface area contributed by atoms with Gasteiger partial charge in [-0.1, -0.05) is 67.1 Å². The Morgan fingerprint density at radius 2 is 1.59 bits per heavy atom. The molecule has 1 N–H and O–H groups in total. The topological polar surface area (TPSA) is 76.1 Å². The van der Waals surface area contributed by atoms with E-state index in [0.717, 1.165) is 49.2 Å². The number of methoxy groups -OCH3 is 2. The van der Waals surface area contributed by atoms with E-state index in [9.17, 15) is 14.7 Å². The van der Waals surface area contributed by atoms with Crippen LogP contribution in [0.4, 0.5) is 11.4 Å². The molecule has 2 unspecified atom stereocenters. The van der Waals surface area contributed by atoms with Crippen molar-refractivity contribution in [2.24, 2.45) is 0 Å². The number of hydrogen-bond acceptors (Lipinski definition) is 6. The number of ketones is 1. The SMILES string of the molecule is COc1c(/C=C2\Cc3ccc(C(=O)O)cc3C2=O)ccc2c1sc1c(OC)c(N3c4ccc(-c5ccccc5)cc4C4CCCC43)ccc12. The number of allylic oxidation sites excluding steroid dienone is 1. The molecular formula is C42H33NO5S. The number of aromatic carboxylic acids is 1. The molecule has 5 aromatic carbocycles. The zero-order chi connectivity index (χ0) is 33.4. The third-order valence-electron chi connectivity index (χ3n) is 10.6. The summed E-state index contributed by atoms with van der Waals surface area (Å²) in [7, 11) is 3.43. The van der Waals surface area contributed by atoms with Crippen molar-refractivity contribution in [2.45, 2.75) is 37.6 Å². The van der Waals surface area contributed by atoms with E-state index in [1.54, 1.807) is 37.7 Å². The molecule has 1 aromatic heterocycles. The predicted octanol–water partition coefficient (Wildman–Crippen LogP) is 10.0. The van der Waals surface area contributed by atoms with E-state index in [0.29, 0.717) is 35.3 Å². The Morgan fingerprint density at radius 1 is 0.837 bits per heavy atom. The molecule has 1 aliphatic heterocycles. The smallest absolute Gasteiger partial charge is 0.335 e. The second kappa shape index (κ2) is 11.3. The number of carboxylic acid groups (broad SMARTS) is 1. The van der Waals surface area contributed by atoms with Gasteiger partial charge in [-0.15, -0.1) is 11.3 Å². The van der Waals surface area contributed by atoms with Crippen LogP contribution in [0.25, 0.3) is 37.4 Å². The molecule has 242 valence electrons. The molecule has 49 heavy (non-hydrogen) atoms. The highest BCUT2D eigenvalue weighted by Crippen LogP contribution is 2.57. The zero-order valence-corrected chi connectivity index (χ0v) is 28.0. The van der Waals surface area contributed by atoms with Crippen molar-refractivity contribution >= 4 is 60.7 Å². The summed E-state index contributed by atoms with van der Waals surface area (Å²) < 4.78 is 14.4. The van der Waals surface area contributed by atoms with Crippen molar-refractivity contribution < 1.29 is 24.2 Å². The summed E-state index contributed by atoms with van der Waals surface area (Å²) in [4.78, 5) is 27.4. The van der Waals surface area contributed by atoms with E-state index in [1.165, 1.54) is 41.3 Å². The quantitative estimate of drug-likeness (QED) is 0.179. The number of anilines is 2. The molecular weight excluding hydrogens is 631 g/mol. The zero-order valence-electron chi connectivity index (χ0n) is 27.2. The van der Waals surface area contributed by atoms with Crippen LogP contribution < -0.4 is 14.4 Å². The van der Waals surface area contributed by atoms with Gasteiger partial charge in [0, 0.05) is 51.5 Å². The minimum Gasteiger partial charge on any atom is -0.495 e. The lowest BCUT2D eigenvalue weighted by Gasteiger charge is -2.29. The first-order valence-corrected chi connectivity index (χ1v) is 17.5. The minimum absolute atomic E-state index is 0.115. The number of fused-ring (bicyclic) bond motifs is 7. The molecule has 0 amide bonds. The monoisotopic (exact) mass is 663 g/mol. The maximum absolute atomic E-state index is 13.4. The number of nitrogens with zero attached hydrogens (tertiary/aromatic N) is 1. The van der Waals surface area contributed by atoms with Gasteiger partial charge < -0.3 is 19.5 Å². The van der Waals surface area contributed by atoms with Crippen LogP contribution in [0, 0.1) is 0 Å². The van der Waals surface area contributed by atoms with Crippen LogP contribution in [-0.2, 0) is 6.42 Å². The number of hydrogen-bond donors (Lipinski definition) is 1. The first kappa shape index (κ1) is 29.7. The molecule has 0 radical (unpaired) electrons. The van der Waals surface area contributed by atoms with Gasteiger partial charge in [0.1, 0.15) is 5.75 Å². The maximum atomic E-state index is 13.4. The Labute approximate surface area is 287 Å². The summed E-state index contributed by atoms with van der Waals surface area (Å²) in [6, 6.07) is 31.2. The van der Waals surface area contributed by atoms with Crippen LogP contribution in [0.5, 0.6) is 11.5 Å². The average Bonchev–Trinajstić information content (AvgIpc) is 3.89. The molecule has 3 aliphatic rings. The van der Waals surface area contributed by atoms with Gasteiger partial charge in [0.25, 0.3) is 0 Å². The van der Waals surface area contributed by atoms with Crippen molar-refractivity contribution in [1.82, 2.24) is 0 Å². The number of carbonyl (C=O) groups is 2. The molecule has 7 heteroatoms. The van der Waals surface area contributed by atoms with E-state index in [4.69, 9.17) is 9.47 Å². The fourth-order valence-electron chi connectivity index (χ4n) is 8.39. The van der Waals surface area contributed by atoms with E-state index in [-0.39, 0.29) is 11.3 Å². The van der Waals surface area contributed by atoms with Crippen molar-refractivity contribution in [3.63, 3.8) is 0 Å². The van der Waals surface area contributed by atoms with Gasteiger partial charge >= 0.3 is 5.97 Å². The number of benzene rings is 5. The maximum Gasteiger partial charge on any atom is 0.335 e. The van der Waals surface area contributed by atoms with Gasteiger partial charge in [0.05, 0.1) is 34.9 Å². The van der Waals surface area contributed by atoms with Gasteiger partial charge in [-0.2, -0.15) is 0 Å². The van der Waals surface area contributed by atoms with Crippen LogP contribution in [-0.4, -0.2) is 37.1 Å². The molecule has 1 saturated carbocycles. The summed E-state index contributed by atoms with van der Waals surface area (Å²) >= 11 is 1.65. The predicted molar refractivity (Wildman–Crippen MR) is 196 cm³/mol. The van der Waals surface area contributed by atoms with E-state index >= 15 is 0 Å². The summed E-state index contributed by atoms with van der Waals surface area (Å²) in [5, 5.41) is 11.6. The van der Waals surface area contributed by atoms with Crippen LogP contribution in [0.15, 0.2) is 96.6 Å². The van der Waals surface area contributed by atoms with E-state index < -0.39 is 5.97 Å². The summed E-state index contributed by atoms with van der Waals surface area (Å²) in [5.41, 5.74) is 9.09. The lowest BCUT2D eigenvalue weighted by atomic mass is 9.94. The van der Waals surface area contributed by atoms with Crippen molar-refractivity contribution in [3.8, 4) is 22.6 Å². The highest BCUT2D eigenvalue weighted by molar-refractivity contribution is 7.26. The summed E-state index contributed by atoms with van der Waals surface area (Å²) in [5.74, 6) is 0.868. The summed E-state index contributed by atoms with van der Waals surface area (Å²) in [6.07, 6.45) is 5.87. The standard InChI is InChI=1S/C42H33NO5S/c1-47-38-26(20-28-19-25-11-12-27(42(45)46)22-32(25)37(28)44)13-15-30-31-16-18-36(39(48-2)41(31)49-40(30)38)43-34-10-6-9-29(34)33-21-24(14-17-35(33)43)23-7-4-3-5-8-23/h3-5,7-8,11-18,20-22,29,34H,6,9-10,19H2,1-2H3,(H,45,46)/b28-20+. The van der Waals surface area contributed by atoms with Crippen LogP contribution in [0.3, 0.4) is 0 Å². The Bertz CT molecular complexity index is 2390. The molecule has 1 fully saturated rings. The fraction of sp³-hybridized carbons (Fsp3) is 0.190. The van der Waals surface area contributed by atoms with Crippen molar-refractivity contribution in [3.05, 3.63) is 124 Å². The fourth-order valence-corrected chi connectivity index (χ4v) is 9.74. The number of carboxylic acids is 1. The molecule has 0 saturated heterocycles. The molecule has 2 aliphatic carbocycles. The van der Waals surface area contributed by atoms with Crippen LogP contribution >= 0.6 is 11.3 Å². The van der Waals surface area contributed by atoms with Gasteiger partial charge in [-0.05, 0) is 71.5 Å². The highest BCUT2D eigenvalue weighted by Gasteiger charge is 2.43. The highest BCUT2D eigenvalue weighted by atomic mass is 32.1. The lowest BCUT2D eigenvalue weighted by Crippen LogP contribution is -2.26. The van der Waals surface area contributed by atoms with Crippen molar-refractivity contribution in [1.29, 1.82) is 0 Å². The Morgan fingerprint density at radius 3 is 2.37 bits per heavy atom. The Kier molecular flexibility index (Phi) is 6.88. The normalized spacial score (nSPS) is 18.7. The number of ether oxygens (including phenoxy) is 2.